The van der Waals surface area contributed by atoms with E-state index in [2.05, 4.69) is 54.7 Å². The first-order valence-corrected chi connectivity index (χ1v) is 8.87. The normalized spacial score (nSPS) is 25.0. The molecule has 2 unspecified atom stereocenters. The topological polar surface area (TPSA) is 15.3 Å². The Morgan fingerprint density at radius 1 is 1.04 bits per heavy atom. The molecular formula is C20H23ClN2. The van der Waals surface area contributed by atoms with Crippen LogP contribution in [-0.2, 0) is 6.42 Å². The Hall–Kier alpha value is -1.35. The van der Waals surface area contributed by atoms with Gasteiger partial charge in [-0.2, -0.15) is 0 Å². The van der Waals surface area contributed by atoms with Gasteiger partial charge < -0.3 is 0 Å². The molecule has 23 heavy (non-hydrogen) atoms. The molecule has 2 aromatic rings. The number of rotatable bonds is 2. The molecule has 0 amide bonds. The molecular weight excluding hydrogens is 304 g/mol. The molecule has 1 fully saturated rings. The SMILES string of the molecule is CC1Cc2ccc(C3CC3)cc2C(c2ccc(Cl)cc2)N(C)N1. The summed E-state index contributed by atoms with van der Waals surface area (Å²) in [5, 5.41) is 3.05. The van der Waals surface area contributed by atoms with Crippen molar-refractivity contribution in [1.29, 1.82) is 0 Å². The van der Waals surface area contributed by atoms with Gasteiger partial charge in [-0.3, -0.25) is 5.43 Å². The molecule has 0 aromatic heterocycles. The molecule has 120 valence electrons. The predicted octanol–water partition coefficient (Wildman–Crippen LogP) is 4.69. The fourth-order valence-electron chi connectivity index (χ4n) is 3.78. The second-order valence-electron chi connectivity index (χ2n) is 7.03. The van der Waals surface area contributed by atoms with Crippen LogP contribution in [0, 0.1) is 0 Å². The summed E-state index contributed by atoms with van der Waals surface area (Å²) in [6.45, 7) is 2.25. The van der Waals surface area contributed by atoms with E-state index in [-0.39, 0.29) is 6.04 Å². The van der Waals surface area contributed by atoms with Gasteiger partial charge in [0.1, 0.15) is 0 Å². The number of hydrogen-bond acceptors (Lipinski definition) is 2. The fourth-order valence-corrected chi connectivity index (χ4v) is 3.90. The number of nitrogens with one attached hydrogen (secondary N) is 1. The molecule has 0 saturated heterocycles. The number of hydrogen-bond donors (Lipinski definition) is 1. The average molecular weight is 327 g/mol. The first-order chi connectivity index (χ1) is 11.1. The molecule has 0 spiro atoms. The maximum absolute atomic E-state index is 6.09. The van der Waals surface area contributed by atoms with E-state index in [1.165, 1.54) is 35.1 Å². The molecule has 1 N–H and O–H groups in total. The van der Waals surface area contributed by atoms with Crippen LogP contribution in [0.4, 0.5) is 0 Å². The quantitative estimate of drug-likeness (QED) is 0.861. The predicted molar refractivity (Wildman–Crippen MR) is 95.8 cm³/mol. The van der Waals surface area contributed by atoms with Crippen molar-refractivity contribution in [1.82, 2.24) is 10.4 Å². The van der Waals surface area contributed by atoms with Gasteiger partial charge in [-0.25, -0.2) is 5.01 Å². The molecule has 0 radical (unpaired) electrons. The summed E-state index contributed by atoms with van der Waals surface area (Å²) >= 11 is 6.09. The summed E-state index contributed by atoms with van der Waals surface area (Å²) in [5.41, 5.74) is 9.30. The van der Waals surface area contributed by atoms with Gasteiger partial charge >= 0.3 is 0 Å². The Bertz CT molecular complexity index is 706. The highest BCUT2D eigenvalue weighted by Gasteiger charge is 2.30. The lowest BCUT2D eigenvalue weighted by molar-refractivity contribution is 0.172. The van der Waals surface area contributed by atoms with Crippen LogP contribution in [0.2, 0.25) is 5.02 Å². The van der Waals surface area contributed by atoms with E-state index in [0.29, 0.717) is 6.04 Å². The lowest BCUT2D eigenvalue weighted by atomic mass is 9.90. The van der Waals surface area contributed by atoms with Gasteiger partial charge in [0.15, 0.2) is 0 Å². The minimum atomic E-state index is 0.228. The molecule has 1 heterocycles. The first kappa shape index (κ1) is 15.2. The van der Waals surface area contributed by atoms with Crippen LogP contribution < -0.4 is 5.43 Å². The zero-order chi connectivity index (χ0) is 16.0. The Kier molecular flexibility index (Phi) is 3.92. The average Bonchev–Trinajstić information content (AvgIpc) is 3.35. The van der Waals surface area contributed by atoms with Gasteiger partial charge in [0, 0.05) is 18.1 Å². The lowest BCUT2D eigenvalue weighted by Crippen LogP contribution is -2.42. The van der Waals surface area contributed by atoms with Gasteiger partial charge in [-0.1, -0.05) is 41.9 Å². The highest BCUT2D eigenvalue weighted by molar-refractivity contribution is 6.30. The van der Waals surface area contributed by atoms with Crippen LogP contribution >= 0.6 is 11.6 Å². The Morgan fingerprint density at radius 2 is 1.74 bits per heavy atom. The Morgan fingerprint density at radius 3 is 2.43 bits per heavy atom. The number of halogens is 1. The molecule has 2 nitrogen and oxygen atoms in total. The summed E-state index contributed by atoms with van der Waals surface area (Å²) in [5.74, 6) is 0.783. The van der Waals surface area contributed by atoms with E-state index >= 15 is 0 Å². The highest BCUT2D eigenvalue weighted by Crippen LogP contribution is 2.42. The van der Waals surface area contributed by atoms with E-state index < -0.39 is 0 Å². The van der Waals surface area contributed by atoms with E-state index in [9.17, 15) is 0 Å². The minimum absolute atomic E-state index is 0.228. The molecule has 2 atom stereocenters. The van der Waals surface area contributed by atoms with Crippen LogP contribution in [0.1, 0.15) is 54.0 Å². The molecule has 2 aliphatic rings. The van der Waals surface area contributed by atoms with Crippen LogP contribution in [0.5, 0.6) is 0 Å². The third-order valence-corrected chi connectivity index (χ3v) is 5.29. The number of nitrogens with zero attached hydrogens (tertiary/aromatic N) is 1. The van der Waals surface area contributed by atoms with Crippen molar-refractivity contribution in [2.45, 2.75) is 44.2 Å². The standard InChI is InChI=1S/C20H23ClN2/c1-13-11-17-6-5-16(14-3-4-14)12-19(17)20(23(2)22-13)15-7-9-18(21)10-8-15/h5-10,12-14,20,22H,3-4,11H2,1-2H3. The minimum Gasteiger partial charge on any atom is -0.251 e. The van der Waals surface area contributed by atoms with E-state index in [1.54, 1.807) is 0 Å². The Balaban J connectivity index is 1.82. The van der Waals surface area contributed by atoms with Gasteiger partial charge in [0.25, 0.3) is 0 Å². The summed E-state index contributed by atoms with van der Waals surface area (Å²) in [7, 11) is 2.15. The fraction of sp³-hybridized carbons (Fsp3) is 0.400. The van der Waals surface area contributed by atoms with Crippen molar-refractivity contribution >= 4 is 11.6 Å². The van der Waals surface area contributed by atoms with Crippen LogP contribution in [0.15, 0.2) is 42.5 Å². The molecule has 4 rings (SSSR count). The summed E-state index contributed by atoms with van der Waals surface area (Å²) in [4.78, 5) is 0. The third-order valence-electron chi connectivity index (χ3n) is 5.04. The van der Waals surface area contributed by atoms with Crippen molar-refractivity contribution in [3.63, 3.8) is 0 Å². The molecule has 1 saturated carbocycles. The summed E-state index contributed by atoms with van der Waals surface area (Å²) < 4.78 is 0. The van der Waals surface area contributed by atoms with Crippen LogP contribution in [-0.4, -0.2) is 18.1 Å². The molecule has 0 bridgehead atoms. The largest absolute Gasteiger partial charge is 0.251 e. The van der Waals surface area contributed by atoms with Crippen molar-refractivity contribution in [3.05, 3.63) is 69.7 Å². The van der Waals surface area contributed by atoms with Crippen molar-refractivity contribution in [3.8, 4) is 0 Å². The zero-order valence-corrected chi connectivity index (χ0v) is 14.5. The van der Waals surface area contributed by atoms with Crippen LogP contribution in [0.3, 0.4) is 0 Å². The zero-order valence-electron chi connectivity index (χ0n) is 13.7. The highest BCUT2D eigenvalue weighted by atomic mass is 35.5. The number of benzene rings is 2. The van der Waals surface area contributed by atoms with Gasteiger partial charge in [0.05, 0.1) is 6.04 Å². The first-order valence-electron chi connectivity index (χ1n) is 8.49. The maximum Gasteiger partial charge on any atom is 0.0742 e. The summed E-state index contributed by atoms with van der Waals surface area (Å²) in [6.07, 6.45) is 3.75. The van der Waals surface area contributed by atoms with Gasteiger partial charge in [-0.15, -0.1) is 0 Å². The molecule has 3 heteroatoms. The number of fused-ring (bicyclic) bond motifs is 1. The molecule has 1 aliphatic heterocycles. The second kappa shape index (κ2) is 5.94. The van der Waals surface area contributed by atoms with Crippen molar-refractivity contribution < 1.29 is 0 Å². The summed E-state index contributed by atoms with van der Waals surface area (Å²) in [6, 6.07) is 16.1. The van der Waals surface area contributed by atoms with E-state index in [1.807, 2.05) is 12.1 Å². The van der Waals surface area contributed by atoms with E-state index in [0.717, 1.165) is 17.4 Å². The monoisotopic (exact) mass is 326 g/mol. The van der Waals surface area contributed by atoms with E-state index in [4.69, 9.17) is 11.6 Å². The maximum atomic E-state index is 6.09. The Labute approximate surface area is 143 Å². The van der Waals surface area contributed by atoms with Crippen molar-refractivity contribution in [2.75, 3.05) is 7.05 Å². The third kappa shape index (κ3) is 3.03. The van der Waals surface area contributed by atoms with Crippen molar-refractivity contribution in [2.24, 2.45) is 0 Å². The second-order valence-corrected chi connectivity index (χ2v) is 7.47. The lowest BCUT2D eigenvalue weighted by Gasteiger charge is -2.29. The smallest absolute Gasteiger partial charge is 0.0742 e. The van der Waals surface area contributed by atoms with Crippen LogP contribution in [0.25, 0.3) is 0 Å². The molecule has 2 aromatic carbocycles. The van der Waals surface area contributed by atoms with Gasteiger partial charge in [-0.05, 0) is 66.5 Å². The van der Waals surface area contributed by atoms with Gasteiger partial charge in [0.2, 0.25) is 0 Å². The molecule has 1 aliphatic carbocycles. The number of hydrazine groups is 1.